The smallest absolute Gasteiger partial charge is 0.0705 e. The Morgan fingerprint density at radius 3 is 1.47 bits per heavy atom. The molecule has 8 aromatic rings. The summed E-state index contributed by atoms with van der Waals surface area (Å²) >= 11 is 0. The molecule has 0 radical (unpaired) electrons. The van der Waals surface area contributed by atoms with Crippen molar-refractivity contribution < 1.29 is 0 Å². The van der Waals surface area contributed by atoms with Crippen molar-refractivity contribution in [2.45, 2.75) is 6.92 Å². The van der Waals surface area contributed by atoms with E-state index in [9.17, 15) is 0 Å². The molecule has 202 valence electrons. The maximum absolute atomic E-state index is 4.76. The summed E-state index contributed by atoms with van der Waals surface area (Å²) in [5, 5.41) is 7.58. The van der Waals surface area contributed by atoms with E-state index in [0.29, 0.717) is 0 Å². The largest absolute Gasteiger partial charge is 0.253 e. The molecule has 0 unspecified atom stereocenters. The molecule has 0 aliphatic heterocycles. The zero-order valence-corrected chi connectivity index (χ0v) is 24.0. The molecule has 1 aromatic heterocycles. The Hall–Kier alpha value is -5.53. The standard InChI is InChI=1S/C42H29N/c1-28-11-8-22-40(43-28)33-16-9-14-31(25-33)32-15-10-17-34(27-32)41-36-18-4-6-20-38(36)42(39-21-7-5-19-37(39)41)35-24-23-29-12-2-3-13-30(29)26-35/h2-27H,1H3. The fraction of sp³-hybridized carbons (Fsp3) is 0.0238. The van der Waals surface area contributed by atoms with Crippen molar-refractivity contribution in [1.29, 1.82) is 0 Å². The van der Waals surface area contributed by atoms with Crippen LogP contribution in [0, 0.1) is 6.92 Å². The van der Waals surface area contributed by atoms with Gasteiger partial charge in [-0.15, -0.1) is 0 Å². The molecule has 43 heavy (non-hydrogen) atoms. The Balaban J connectivity index is 1.34. The van der Waals surface area contributed by atoms with Crippen LogP contribution in [0.3, 0.4) is 0 Å². The summed E-state index contributed by atoms with van der Waals surface area (Å²) in [6, 6.07) is 57.1. The number of rotatable bonds is 4. The van der Waals surface area contributed by atoms with Gasteiger partial charge in [-0.2, -0.15) is 0 Å². The Morgan fingerprint density at radius 2 is 0.837 bits per heavy atom. The number of hydrogen-bond donors (Lipinski definition) is 0. The average Bonchev–Trinajstić information content (AvgIpc) is 3.07. The quantitative estimate of drug-likeness (QED) is 0.200. The summed E-state index contributed by atoms with van der Waals surface area (Å²) in [7, 11) is 0. The van der Waals surface area contributed by atoms with Crippen LogP contribution in [0.5, 0.6) is 0 Å². The highest BCUT2D eigenvalue weighted by molar-refractivity contribution is 6.21. The van der Waals surface area contributed by atoms with Crippen molar-refractivity contribution in [3.63, 3.8) is 0 Å². The summed E-state index contributed by atoms with van der Waals surface area (Å²) in [4.78, 5) is 4.76. The molecule has 0 amide bonds. The van der Waals surface area contributed by atoms with Gasteiger partial charge in [-0.1, -0.05) is 127 Å². The van der Waals surface area contributed by atoms with Gasteiger partial charge in [0.1, 0.15) is 0 Å². The van der Waals surface area contributed by atoms with Gasteiger partial charge in [0.25, 0.3) is 0 Å². The topological polar surface area (TPSA) is 12.9 Å². The van der Waals surface area contributed by atoms with Crippen LogP contribution in [0.4, 0.5) is 0 Å². The third kappa shape index (κ3) is 4.47. The van der Waals surface area contributed by atoms with Crippen LogP contribution in [0.1, 0.15) is 5.69 Å². The maximum Gasteiger partial charge on any atom is 0.0705 e. The lowest BCUT2D eigenvalue weighted by atomic mass is 9.85. The van der Waals surface area contributed by atoms with Gasteiger partial charge < -0.3 is 0 Å². The van der Waals surface area contributed by atoms with E-state index in [1.807, 2.05) is 13.0 Å². The highest BCUT2D eigenvalue weighted by Crippen LogP contribution is 2.44. The van der Waals surface area contributed by atoms with Gasteiger partial charge in [-0.05, 0) is 103 Å². The second kappa shape index (κ2) is 10.4. The van der Waals surface area contributed by atoms with Crippen LogP contribution in [0.15, 0.2) is 158 Å². The zero-order valence-electron chi connectivity index (χ0n) is 24.0. The Bertz CT molecular complexity index is 2250. The van der Waals surface area contributed by atoms with Crippen molar-refractivity contribution in [2.75, 3.05) is 0 Å². The SMILES string of the molecule is Cc1cccc(-c2cccc(-c3cccc(-c4c5ccccc5c(-c5ccc6ccccc6c5)c5ccccc45)c3)c2)n1. The van der Waals surface area contributed by atoms with Gasteiger partial charge in [0.05, 0.1) is 5.69 Å². The third-order valence-electron chi connectivity index (χ3n) is 8.50. The molecule has 7 aromatic carbocycles. The van der Waals surface area contributed by atoms with E-state index in [-0.39, 0.29) is 0 Å². The van der Waals surface area contributed by atoms with E-state index in [4.69, 9.17) is 4.98 Å². The van der Waals surface area contributed by atoms with E-state index in [1.165, 1.54) is 65.7 Å². The molecular formula is C42H29N. The zero-order chi connectivity index (χ0) is 28.8. The van der Waals surface area contributed by atoms with Crippen molar-refractivity contribution in [1.82, 2.24) is 4.98 Å². The minimum atomic E-state index is 0.999. The minimum Gasteiger partial charge on any atom is -0.253 e. The lowest BCUT2D eigenvalue weighted by molar-refractivity contribution is 1.21. The van der Waals surface area contributed by atoms with Crippen LogP contribution in [0.25, 0.3) is 77.0 Å². The van der Waals surface area contributed by atoms with Gasteiger partial charge in [0.15, 0.2) is 0 Å². The van der Waals surface area contributed by atoms with Crippen molar-refractivity contribution in [3.8, 4) is 44.6 Å². The monoisotopic (exact) mass is 547 g/mol. The molecule has 1 heteroatoms. The molecule has 0 saturated carbocycles. The molecule has 1 nitrogen and oxygen atoms in total. The van der Waals surface area contributed by atoms with E-state index >= 15 is 0 Å². The summed E-state index contributed by atoms with van der Waals surface area (Å²) < 4.78 is 0. The molecular weight excluding hydrogens is 518 g/mol. The Labute approximate surface area is 251 Å². The van der Waals surface area contributed by atoms with Crippen molar-refractivity contribution >= 4 is 32.3 Å². The molecule has 0 N–H and O–H groups in total. The van der Waals surface area contributed by atoms with E-state index < -0.39 is 0 Å². The highest BCUT2D eigenvalue weighted by atomic mass is 14.7. The summed E-state index contributed by atoms with van der Waals surface area (Å²) in [6.45, 7) is 2.04. The number of benzene rings is 7. The minimum absolute atomic E-state index is 0.999. The first-order valence-corrected chi connectivity index (χ1v) is 14.8. The first kappa shape index (κ1) is 25.2. The lowest BCUT2D eigenvalue weighted by Gasteiger charge is -2.18. The van der Waals surface area contributed by atoms with Crippen LogP contribution < -0.4 is 0 Å². The first-order valence-electron chi connectivity index (χ1n) is 14.8. The summed E-state index contributed by atoms with van der Waals surface area (Å²) in [5.74, 6) is 0. The first-order chi connectivity index (χ1) is 21.2. The van der Waals surface area contributed by atoms with E-state index in [2.05, 4.69) is 152 Å². The summed E-state index contributed by atoms with van der Waals surface area (Å²) in [5.41, 5.74) is 10.5. The Morgan fingerprint density at radius 1 is 0.349 bits per heavy atom. The highest BCUT2D eigenvalue weighted by Gasteiger charge is 2.17. The lowest BCUT2D eigenvalue weighted by Crippen LogP contribution is -1.91. The van der Waals surface area contributed by atoms with E-state index in [0.717, 1.165) is 17.0 Å². The fourth-order valence-electron chi connectivity index (χ4n) is 6.51. The van der Waals surface area contributed by atoms with Crippen molar-refractivity contribution in [3.05, 3.63) is 163 Å². The third-order valence-corrected chi connectivity index (χ3v) is 8.50. The molecule has 0 bridgehead atoms. The molecule has 0 spiro atoms. The normalized spacial score (nSPS) is 11.4. The predicted octanol–water partition coefficient (Wildman–Crippen LogP) is 11.5. The fourth-order valence-corrected chi connectivity index (χ4v) is 6.51. The second-order valence-electron chi connectivity index (χ2n) is 11.2. The number of hydrogen-bond acceptors (Lipinski definition) is 1. The average molecular weight is 548 g/mol. The molecule has 0 aliphatic carbocycles. The molecule has 0 atom stereocenters. The molecule has 1 heterocycles. The van der Waals surface area contributed by atoms with Gasteiger partial charge >= 0.3 is 0 Å². The van der Waals surface area contributed by atoms with Crippen LogP contribution in [-0.4, -0.2) is 4.98 Å². The number of aryl methyl sites for hydroxylation is 1. The number of fused-ring (bicyclic) bond motifs is 3. The van der Waals surface area contributed by atoms with Crippen molar-refractivity contribution in [2.24, 2.45) is 0 Å². The molecule has 0 saturated heterocycles. The second-order valence-corrected chi connectivity index (χ2v) is 11.2. The number of pyridine rings is 1. The van der Waals surface area contributed by atoms with Gasteiger partial charge in [-0.25, -0.2) is 0 Å². The van der Waals surface area contributed by atoms with Gasteiger partial charge in [-0.3, -0.25) is 4.98 Å². The Kier molecular flexibility index (Phi) is 6.09. The van der Waals surface area contributed by atoms with Crippen LogP contribution in [0.2, 0.25) is 0 Å². The van der Waals surface area contributed by atoms with Gasteiger partial charge in [0, 0.05) is 11.3 Å². The van der Waals surface area contributed by atoms with Crippen LogP contribution >= 0.6 is 0 Å². The number of nitrogens with zero attached hydrogens (tertiary/aromatic N) is 1. The van der Waals surface area contributed by atoms with E-state index in [1.54, 1.807) is 0 Å². The van der Waals surface area contributed by atoms with Gasteiger partial charge in [0.2, 0.25) is 0 Å². The predicted molar refractivity (Wildman–Crippen MR) is 183 cm³/mol. The number of aromatic nitrogens is 1. The summed E-state index contributed by atoms with van der Waals surface area (Å²) in [6.07, 6.45) is 0. The molecule has 0 aliphatic rings. The molecule has 0 fully saturated rings. The molecule has 8 rings (SSSR count). The van der Waals surface area contributed by atoms with Crippen LogP contribution in [-0.2, 0) is 0 Å². The maximum atomic E-state index is 4.76.